The standard InChI is InChI=1S/C34H44N6O2/c1-24-21-26(34(42)40-23-27-22-35-38(3)33(27)36-30-11-7-8-12-31(30)40)14-13-25(24)15-16-32(41)39-19-17-29(18-20-39)37(2)28-9-5-4-6-10-28/h7-8,11-14,21-22,28-29,36H,4-6,9-10,15-20,23H2,1-3H3. The number of carbonyl (C=O) groups is 2. The van der Waals surface area contributed by atoms with Crippen LogP contribution in [0.1, 0.15) is 78.4 Å². The fourth-order valence-corrected chi connectivity index (χ4v) is 7.11. The van der Waals surface area contributed by atoms with E-state index in [1.54, 1.807) is 4.68 Å². The molecule has 3 aliphatic rings. The zero-order valence-corrected chi connectivity index (χ0v) is 25.3. The van der Waals surface area contributed by atoms with E-state index in [0.717, 1.165) is 65.9 Å². The van der Waals surface area contributed by atoms with Gasteiger partial charge in [0.15, 0.2) is 0 Å². The Morgan fingerprint density at radius 2 is 1.74 bits per heavy atom. The maximum Gasteiger partial charge on any atom is 0.258 e. The molecule has 2 aliphatic heterocycles. The van der Waals surface area contributed by atoms with Crippen LogP contribution in [0.5, 0.6) is 0 Å². The summed E-state index contributed by atoms with van der Waals surface area (Å²) in [6, 6.07) is 15.1. The summed E-state index contributed by atoms with van der Waals surface area (Å²) in [7, 11) is 4.20. The number of para-hydroxylation sites is 2. The first-order valence-corrected chi connectivity index (χ1v) is 15.7. The van der Waals surface area contributed by atoms with Crippen LogP contribution < -0.4 is 10.2 Å². The van der Waals surface area contributed by atoms with Crippen LogP contribution in [0.3, 0.4) is 0 Å². The van der Waals surface area contributed by atoms with E-state index in [0.29, 0.717) is 31.0 Å². The Bertz CT molecular complexity index is 1430. The number of nitrogens with zero attached hydrogens (tertiary/aromatic N) is 5. The van der Waals surface area contributed by atoms with Gasteiger partial charge >= 0.3 is 0 Å². The molecule has 1 aromatic heterocycles. The van der Waals surface area contributed by atoms with Gasteiger partial charge in [0.25, 0.3) is 5.91 Å². The number of anilines is 3. The normalized spacial score (nSPS) is 17.9. The molecule has 8 nitrogen and oxygen atoms in total. The number of hydrogen-bond acceptors (Lipinski definition) is 5. The second-order valence-corrected chi connectivity index (χ2v) is 12.4. The molecule has 8 heteroatoms. The van der Waals surface area contributed by atoms with Gasteiger partial charge in [0.1, 0.15) is 5.82 Å². The van der Waals surface area contributed by atoms with Crippen molar-refractivity contribution in [1.29, 1.82) is 0 Å². The maximum atomic E-state index is 13.9. The highest BCUT2D eigenvalue weighted by atomic mass is 16.2. The maximum absolute atomic E-state index is 13.9. The number of carbonyl (C=O) groups excluding carboxylic acids is 2. The second-order valence-electron chi connectivity index (χ2n) is 12.4. The third kappa shape index (κ3) is 5.82. The Morgan fingerprint density at radius 3 is 2.50 bits per heavy atom. The minimum absolute atomic E-state index is 0.0484. The van der Waals surface area contributed by atoms with Gasteiger partial charge in [-0.3, -0.25) is 14.3 Å². The first-order chi connectivity index (χ1) is 20.4. The van der Waals surface area contributed by atoms with Gasteiger partial charge in [-0.25, -0.2) is 0 Å². The van der Waals surface area contributed by atoms with Crippen LogP contribution in [0.25, 0.3) is 0 Å². The molecule has 0 atom stereocenters. The molecule has 0 unspecified atom stereocenters. The van der Waals surface area contributed by atoms with Crippen molar-refractivity contribution in [2.75, 3.05) is 30.4 Å². The van der Waals surface area contributed by atoms with Gasteiger partial charge in [0.05, 0.1) is 24.1 Å². The zero-order valence-electron chi connectivity index (χ0n) is 25.3. The van der Waals surface area contributed by atoms with E-state index >= 15 is 0 Å². The molecule has 1 N–H and O–H groups in total. The number of hydrogen-bond donors (Lipinski definition) is 1. The Morgan fingerprint density at radius 1 is 1.00 bits per heavy atom. The van der Waals surface area contributed by atoms with Crippen LogP contribution in [0, 0.1) is 6.92 Å². The van der Waals surface area contributed by atoms with Gasteiger partial charge in [-0.1, -0.05) is 37.5 Å². The number of aromatic nitrogens is 2. The Kier molecular flexibility index (Phi) is 8.34. The zero-order chi connectivity index (χ0) is 29.2. The van der Waals surface area contributed by atoms with Crippen molar-refractivity contribution in [2.24, 2.45) is 7.05 Å². The van der Waals surface area contributed by atoms with Crippen molar-refractivity contribution >= 4 is 29.0 Å². The first kappa shape index (κ1) is 28.5. The average molecular weight is 569 g/mol. The van der Waals surface area contributed by atoms with Crippen molar-refractivity contribution in [2.45, 2.75) is 83.3 Å². The number of nitrogens with one attached hydrogen (secondary N) is 1. The number of likely N-dealkylation sites (tertiary alicyclic amines) is 1. The van der Waals surface area contributed by atoms with Gasteiger partial charge in [-0.05, 0) is 81.5 Å². The first-order valence-electron chi connectivity index (χ1n) is 15.7. The number of piperidine rings is 1. The summed E-state index contributed by atoms with van der Waals surface area (Å²) in [5, 5.41) is 7.84. The smallest absolute Gasteiger partial charge is 0.258 e. The molecule has 1 saturated carbocycles. The summed E-state index contributed by atoms with van der Waals surface area (Å²) in [6.07, 6.45) is 11.9. The molecule has 1 saturated heterocycles. The molecule has 2 fully saturated rings. The third-order valence-electron chi connectivity index (χ3n) is 9.78. The summed E-state index contributed by atoms with van der Waals surface area (Å²) >= 11 is 0. The Balaban J connectivity index is 1.07. The molecule has 0 bridgehead atoms. The number of benzene rings is 2. The van der Waals surface area contributed by atoms with Crippen molar-refractivity contribution < 1.29 is 9.59 Å². The molecular formula is C34H44N6O2. The van der Waals surface area contributed by atoms with E-state index in [1.165, 1.54) is 32.1 Å². The highest BCUT2D eigenvalue weighted by molar-refractivity contribution is 6.08. The lowest BCUT2D eigenvalue weighted by Gasteiger charge is -2.41. The van der Waals surface area contributed by atoms with Crippen LogP contribution in [-0.2, 0) is 24.8 Å². The summed E-state index contributed by atoms with van der Waals surface area (Å²) in [5.74, 6) is 1.09. The highest BCUT2D eigenvalue weighted by Gasteiger charge is 2.30. The second kappa shape index (κ2) is 12.3. The van der Waals surface area contributed by atoms with Crippen molar-refractivity contribution in [3.8, 4) is 0 Å². The van der Waals surface area contributed by atoms with E-state index < -0.39 is 0 Å². The average Bonchev–Trinajstić information content (AvgIpc) is 3.27. The number of rotatable bonds is 6. The largest absolute Gasteiger partial charge is 0.343 e. The van der Waals surface area contributed by atoms with Crippen LogP contribution in [-0.4, -0.2) is 63.6 Å². The quantitative estimate of drug-likeness (QED) is 0.406. The summed E-state index contributed by atoms with van der Waals surface area (Å²) in [5.41, 5.74) is 5.51. The monoisotopic (exact) mass is 568 g/mol. The topological polar surface area (TPSA) is 73.7 Å². The molecule has 2 aromatic carbocycles. The minimum Gasteiger partial charge on any atom is -0.343 e. The lowest BCUT2D eigenvalue weighted by atomic mass is 9.92. The fraction of sp³-hybridized carbons (Fsp3) is 0.500. The van der Waals surface area contributed by atoms with Gasteiger partial charge in [-0.15, -0.1) is 0 Å². The SMILES string of the molecule is Cc1cc(C(=O)N2Cc3cnn(C)c3Nc3ccccc32)ccc1CCC(=O)N1CCC(N(C)C2CCCCC2)CC1. The van der Waals surface area contributed by atoms with Gasteiger partial charge < -0.3 is 20.0 Å². The van der Waals surface area contributed by atoms with Crippen LogP contribution in [0.2, 0.25) is 0 Å². The molecule has 0 spiro atoms. The van der Waals surface area contributed by atoms with E-state index in [1.807, 2.05) is 67.5 Å². The summed E-state index contributed by atoms with van der Waals surface area (Å²) in [4.78, 5) is 33.5. The number of fused-ring (bicyclic) bond motifs is 2. The predicted octanol–water partition coefficient (Wildman–Crippen LogP) is 5.82. The molecule has 2 amide bonds. The van der Waals surface area contributed by atoms with Crippen molar-refractivity contribution in [1.82, 2.24) is 19.6 Å². The van der Waals surface area contributed by atoms with Crippen LogP contribution >= 0.6 is 0 Å². The number of amides is 2. The molecule has 42 heavy (non-hydrogen) atoms. The van der Waals surface area contributed by atoms with Gasteiger partial charge in [0, 0.05) is 49.8 Å². The molecule has 222 valence electrons. The van der Waals surface area contributed by atoms with Crippen LogP contribution in [0.15, 0.2) is 48.7 Å². The van der Waals surface area contributed by atoms with E-state index in [-0.39, 0.29) is 11.8 Å². The molecule has 1 aliphatic carbocycles. The van der Waals surface area contributed by atoms with Crippen LogP contribution in [0.4, 0.5) is 17.2 Å². The molecule has 0 radical (unpaired) electrons. The molecular weight excluding hydrogens is 524 g/mol. The Hall–Kier alpha value is -3.65. The van der Waals surface area contributed by atoms with E-state index in [4.69, 9.17) is 0 Å². The highest BCUT2D eigenvalue weighted by Crippen LogP contribution is 2.36. The van der Waals surface area contributed by atoms with Crippen molar-refractivity contribution in [3.63, 3.8) is 0 Å². The third-order valence-corrected chi connectivity index (χ3v) is 9.78. The summed E-state index contributed by atoms with van der Waals surface area (Å²) in [6.45, 7) is 4.20. The lowest BCUT2D eigenvalue weighted by molar-refractivity contribution is -0.132. The van der Waals surface area contributed by atoms with Crippen molar-refractivity contribution in [3.05, 3.63) is 70.9 Å². The van der Waals surface area contributed by atoms with E-state index in [9.17, 15) is 9.59 Å². The van der Waals surface area contributed by atoms with Gasteiger partial charge in [-0.2, -0.15) is 5.10 Å². The molecule has 3 heterocycles. The van der Waals surface area contributed by atoms with E-state index in [2.05, 4.69) is 27.3 Å². The summed E-state index contributed by atoms with van der Waals surface area (Å²) < 4.78 is 1.80. The number of aryl methyl sites for hydroxylation is 3. The fourth-order valence-electron chi connectivity index (χ4n) is 7.11. The lowest BCUT2D eigenvalue weighted by Crippen LogP contribution is -2.49. The molecule has 3 aromatic rings. The Labute approximate surface area is 249 Å². The predicted molar refractivity (Wildman–Crippen MR) is 167 cm³/mol. The molecule has 6 rings (SSSR count). The minimum atomic E-state index is -0.0484. The van der Waals surface area contributed by atoms with Gasteiger partial charge in [0.2, 0.25) is 5.91 Å².